The Morgan fingerprint density at radius 1 is 1.23 bits per heavy atom. The van der Waals surface area contributed by atoms with Crippen LogP contribution in [0.1, 0.15) is 32.6 Å². The number of rotatable bonds is 3. The molecule has 0 aromatic heterocycles. The van der Waals surface area contributed by atoms with Crippen LogP contribution in [-0.4, -0.2) is 18.9 Å². The smallest absolute Gasteiger partial charge is 0.321 e. The van der Waals surface area contributed by atoms with Crippen molar-refractivity contribution in [1.29, 1.82) is 0 Å². The minimum Gasteiger partial charge on any atom is -0.321 e. The van der Waals surface area contributed by atoms with E-state index in [9.17, 15) is 13.2 Å². The average molecular weight is 196 g/mol. The van der Waals surface area contributed by atoms with Crippen LogP contribution in [0, 0.1) is 5.92 Å². The lowest BCUT2D eigenvalue weighted by molar-refractivity contribution is -0.275. The van der Waals surface area contributed by atoms with Crippen LogP contribution in [0.15, 0.2) is 0 Å². The second kappa shape index (κ2) is 4.31. The van der Waals surface area contributed by atoms with Gasteiger partial charge in [0.05, 0.1) is 12.5 Å². The molecule has 0 heterocycles. The van der Waals surface area contributed by atoms with Gasteiger partial charge in [-0.3, -0.25) is 0 Å². The van der Waals surface area contributed by atoms with E-state index in [1.807, 2.05) is 0 Å². The summed E-state index contributed by atoms with van der Waals surface area (Å²) in [6.45, 7) is 1.54. The highest BCUT2D eigenvalue weighted by Crippen LogP contribution is 2.38. The van der Waals surface area contributed by atoms with Gasteiger partial charge in [-0.05, 0) is 32.6 Å². The van der Waals surface area contributed by atoms with Gasteiger partial charge in [0.15, 0.2) is 0 Å². The zero-order valence-electron chi connectivity index (χ0n) is 7.73. The van der Waals surface area contributed by atoms with Crippen LogP contribution < -0.4 is 0 Å². The highest BCUT2D eigenvalue weighted by atomic mass is 19.3. The summed E-state index contributed by atoms with van der Waals surface area (Å²) in [4.78, 5) is 0. The van der Waals surface area contributed by atoms with Gasteiger partial charge in [-0.15, -0.1) is 0 Å². The first kappa shape index (κ1) is 10.8. The van der Waals surface area contributed by atoms with Crippen LogP contribution in [0.2, 0.25) is 0 Å². The van der Waals surface area contributed by atoms with E-state index in [-0.39, 0.29) is 32.3 Å². The molecule has 0 bridgehead atoms. The van der Waals surface area contributed by atoms with Crippen molar-refractivity contribution in [1.82, 2.24) is 0 Å². The maximum absolute atomic E-state index is 13.1. The molecule has 0 N–H and O–H groups in total. The second-order valence-corrected chi connectivity index (χ2v) is 3.44. The maximum Gasteiger partial charge on any atom is 0.358 e. The summed E-state index contributed by atoms with van der Waals surface area (Å²) < 4.78 is 43.2. The van der Waals surface area contributed by atoms with Crippen molar-refractivity contribution in [3.63, 3.8) is 0 Å². The fourth-order valence-electron chi connectivity index (χ4n) is 1.70. The van der Waals surface area contributed by atoms with Crippen LogP contribution in [0.4, 0.5) is 13.2 Å². The van der Waals surface area contributed by atoms with Gasteiger partial charge in [-0.2, -0.15) is 8.78 Å². The second-order valence-electron chi connectivity index (χ2n) is 3.44. The Labute approximate surface area is 76.3 Å². The zero-order chi connectivity index (χ0) is 9.90. The molecule has 1 rings (SSSR count). The fraction of sp³-hybridized carbons (Fsp3) is 1.00. The molecule has 0 aromatic rings. The molecule has 1 aliphatic rings. The molecular formula is C9H15F3O. The Balaban J connectivity index is 2.42. The first-order valence-electron chi connectivity index (χ1n) is 4.72. The Bertz CT molecular complexity index is 153. The topological polar surface area (TPSA) is 9.23 Å². The summed E-state index contributed by atoms with van der Waals surface area (Å²) in [6, 6.07) is 0. The minimum atomic E-state index is -3.06. The lowest BCUT2D eigenvalue weighted by Gasteiger charge is -2.30. The van der Waals surface area contributed by atoms with Crippen molar-refractivity contribution in [2.24, 2.45) is 5.92 Å². The number of hydrogen-bond acceptors (Lipinski definition) is 1. The molecule has 1 fully saturated rings. The quantitative estimate of drug-likeness (QED) is 0.673. The van der Waals surface area contributed by atoms with E-state index in [2.05, 4.69) is 4.74 Å². The van der Waals surface area contributed by atoms with Crippen LogP contribution in [0.25, 0.3) is 0 Å². The fourth-order valence-corrected chi connectivity index (χ4v) is 1.70. The predicted molar refractivity (Wildman–Crippen MR) is 43.4 cm³/mol. The number of ether oxygens (including phenoxy) is 1. The zero-order valence-corrected chi connectivity index (χ0v) is 7.73. The van der Waals surface area contributed by atoms with E-state index in [4.69, 9.17) is 0 Å². The van der Waals surface area contributed by atoms with Gasteiger partial charge < -0.3 is 4.74 Å². The van der Waals surface area contributed by atoms with Gasteiger partial charge in [-0.1, -0.05) is 0 Å². The predicted octanol–water partition coefficient (Wildman–Crippen LogP) is 3.14. The molecular weight excluding hydrogens is 181 g/mol. The third-order valence-electron chi connectivity index (χ3n) is 2.47. The first-order chi connectivity index (χ1) is 6.06. The molecule has 0 aromatic carbocycles. The van der Waals surface area contributed by atoms with E-state index in [1.165, 1.54) is 6.92 Å². The van der Waals surface area contributed by atoms with E-state index in [0.29, 0.717) is 0 Å². The van der Waals surface area contributed by atoms with E-state index in [1.54, 1.807) is 0 Å². The van der Waals surface area contributed by atoms with Crippen molar-refractivity contribution < 1.29 is 17.9 Å². The molecule has 1 saturated carbocycles. The van der Waals surface area contributed by atoms with Crippen LogP contribution in [0.5, 0.6) is 0 Å². The summed E-state index contributed by atoms with van der Waals surface area (Å²) >= 11 is 0. The van der Waals surface area contributed by atoms with E-state index < -0.39 is 18.2 Å². The van der Waals surface area contributed by atoms with Gasteiger partial charge in [0, 0.05) is 0 Å². The van der Waals surface area contributed by atoms with Crippen molar-refractivity contribution >= 4 is 0 Å². The van der Waals surface area contributed by atoms with Crippen molar-refractivity contribution in [3.8, 4) is 0 Å². The van der Waals surface area contributed by atoms with E-state index >= 15 is 0 Å². The van der Waals surface area contributed by atoms with Crippen molar-refractivity contribution in [3.05, 3.63) is 0 Å². The average Bonchev–Trinajstić information content (AvgIpc) is 2.05. The Kier molecular flexibility index (Phi) is 3.59. The van der Waals surface area contributed by atoms with Crippen molar-refractivity contribution in [2.75, 3.05) is 6.61 Å². The molecule has 0 atom stereocenters. The molecule has 78 valence electrons. The molecule has 0 amide bonds. The molecule has 0 aliphatic heterocycles. The number of alkyl halides is 3. The monoisotopic (exact) mass is 196 g/mol. The SMILES string of the molecule is CCOC(F)(F)C1CCC(F)CC1. The molecule has 1 nitrogen and oxygen atoms in total. The van der Waals surface area contributed by atoms with Gasteiger partial charge in [-0.25, -0.2) is 4.39 Å². The number of halogens is 3. The summed E-state index contributed by atoms with van der Waals surface area (Å²) in [5, 5.41) is 0. The molecule has 0 unspecified atom stereocenters. The minimum absolute atomic E-state index is 0.00253. The maximum atomic E-state index is 13.1. The first-order valence-corrected chi connectivity index (χ1v) is 4.72. The third-order valence-corrected chi connectivity index (χ3v) is 2.47. The Hall–Kier alpha value is -0.250. The molecule has 13 heavy (non-hydrogen) atoms. The lowest BCUT2D eigenvalue weighted by atomic mass is 9.87. The van der Waals surface area contributed by atoms with Gasteiger partial charge in [0.2, 0.25) is 0 Å². The Morgan fingerprint density at radius 2 is 1.77 bits per heavy atom. The molecule has 0 saturated heterocycles. The summed E-state index contributed by atoms with van der Waals surface area (Å²) in [6.07, 6.45) is -3.01. The highest BCUT2D eigenvalue weighted by Gasteiger charge is 2.42. The van der Waals surface area contributed by atoms with Gasteiger partial charge in [0.1, 0.15) is 6.17 Å². The molecule has 0 spiro atoms. The highest BCUT2D eigenvalue weighted by molar-refractivity contribution is 4.77. The normalized spacial score (nSPS) is 30.5. The van der Waals surface area contributed by atoms with Crippen molar-refractivity contribution in [2.45, 2.75) is 44.9 Å². The molecule has 4 heteroatoms. The largest absolute Gasteiger partial charge is 0.358 e. The summed E-state index contributed by atoms with van der Waals surface area (Å²) in [5.41, 5.74) is 0. The standard InChI is InChI=1S/C9H15F3O/c1-2-13-9(11,12)7-3-5-8(10)6-4-7/h7-8H,2-6H2,1H3. The molecule has 0 radical (unpaired) electrons. The van der Waals surface area contributed by atoms with Crippen LogP contribution >= 0.6 is 0 Å². The van der Waals surface area contributed by atoms with Gasteiger partial charge >= 0.3 is 6.11 Å². The number of hydrogen-bond donors (Lipinski definition) is 0. The summed E-state index contributed by atoms with van der Waals surface area (Å²) in [5.74, 6) is -0.792. The third kappa shape index (κ3) is 2.86. The van der Waals surface area contributed by atoms with Gasteiger partial charge in [0.25, 0.3) is 0 Å². The lowest BCUT2D eigenvalue weighted by Crippen LogP contribution is -2.34. The molecule has 1 aliphatic carbocycles. The van der Waals surface area contributed by atoms with Crippen LogP contribution in [0.3, 0.4) is 0 Å². The Morgan fingerprint density at radius 3 is 2.23 bits per heavy atom. The van der Waals surface area contributed by atoms with E-state index in [0.717, 1.165) is 0 Å². The van der Waals surface area contributed by atoms with Crippen LogP contribution in [-0.2, 0) is 4.74 Å². The summed E-state index contributed by atoms with van der Waals surface area (Å²) in [7, 11) is 0.